The van der Waals surface area contributed by atoms with Crippen molar-refractivity contribution >= 4 is 26.8 Å². The van der Waals surface area contributed by atoms with E-state index in [2.05, 4.69) is 15.1 Å². The Labute approximate surface area is 164 Å². The van der Waals surface area contributed by atoms with Crippen molar-refractivity contribution in [3.8, 4) is 0 Å². The molecule has 0 bridgehead atoms. The van der Waals surface area contributed by atoms with E-state index in [0.29, 0.717) is 0 Å². The zero-order valence-electron chi connectivity index (χ0n) is 16.1. The minimum atomic E-state index is -3.79. The lowest BCUT2D eigenvalue weighted by Crippen LogP contribution is -2.49. The molecule has 28 heavy (non-hydrogen) atoms. The SMILES string of the molecule is CC(C)[C@H](NS(=O)(=O)c1ccccc1)C(=O)NCc1nn(C)c2ccccc12. The molecule has 2 N–H and O–H groups in total. The van der Waals surface area contributed by atoms with E-state index in [9.17, 15) is 13.2 Å². The van der Waals surface area contributed by atoms with Crippen molar-refractivity contribution < 1.29 is 13.2 Å². The number of aromatic nitrogens is 2. The second-order valence-corrected chi connectivity index (χ2v) is 8.68. The van der Waals surface area contributed by atoms with Gasteiger partial charge in [-0.25, -0.2) is 8.42 Å². The van der Waals surface area contributed by atoms with Gasteiger partial charge in [0.1, 0.15) is 6.04 Å². The predicted octanol–water partition coefficient (Wildman–Crippen LogP) is 2.19. The van der Waals surface area contributed by atoms with Crippen LogP contribution in [0.15, 0.2) is 59.5 Å². The molecule has 148 valence electrons. The first-order valence-corrected chi connectivity index (χ1v) is 10.5. The highest BCUT2D eigenvalue weighted by Gasteiger charge is 2.28. The van der Waals surface area contributed by atoms with Crippen LogP contribution < -0.4 is 10.0 Å². The summed E-state index contributed by atoms with van der Waals surface area (Å²) >= 11 is 0. The van der Waals surface area contributed by atoms with Crippen LogP contribution in [0.4, 0.5) is 0 Å². The van der Waals surface area contributed by atoms with Crippen LogP contribution >= 0.6 is 0 Å². The first kappa shape index (κ1) is 20.0. The molecule has 3 rings (SSSR count). The predicted molar refractivity (Wildman–Crippen MR) is 108 cm³/mol. The lowest BCUT2D eigenvalue weighted by atomic mass is 10.0. The molecular formula is C20H24N4O3S. The van der Waals surface area contributed by atoms with Gasteiger partial charge in [-0.1, -0.05) is 50.2 Å². The molecule has 0 aliphatic rings. The number of carbonyl (C=O) groups is 1. The molecule has 0 aliphatic carbocycles. The number of amides is 1. The Morgan fingerprint density at radius 1 is 1.07 bits per heavy atom. The molecule has 2 aromatic carbocycles. The zero-order chi connectivity index (χ0) is 20.3. The molecule has 1 atom stereocenters. The van der Waals surface area contributed by atoms with Gasteiger partial charge in [0.15, 0.2) is 0 Å². The normalized spacial score (nSPS) is 13.0. The number of hydrogen-bond donors (Lipinski definition) is 2. The van der Waals surface area contributed by atoms with E-state index in [-0.39, 0.29) is 23.3 Å². The van der Waals surface area contributed by atoms with Crippen molar-refractivity contribution in [2.75, 3.05) is 0 Å². The summed E-state index contributed by atoms with van der Waals surface area (Å²) in [6.07, 6.45) is 0. The highest BCUT2D eigenvalue weighted by atomic mass is 32.2. The fraction of sp³-hybridized carbons (Fsp3) is 0.300. The van der Waals surface area contributed by atoms with Crippen LogP contribution in [0.1, 0.15) is 19.5 Å². The van der Waals surface area contributed by atoms with Crippen LogP contribution in [-0.4, -0.2) is 30.1 Å². The van der Waals surface area contributed by atoms with Gasteiger partial charge in [0.05, 0.1) is 22.7 Å². The third-order valence-electron chi connectivity index (χ3n) is 4.55. The molecule has 7 nitrogen and oxygen atoms in total. The Bertz CT molecular complexity index is 1080. The van der Waals surface area contributed by atoms with Gasteiger partial charge in [-0.15, -0.1) is 0 Å². The standard InChI is InChI=1S/C20H24N4O3S/c1-14(2)19(23-28(26,27)15-9-5-4-6-10-15)20(25)21-13-17-16-11-7-8-12-18(16)24(3)22-17/h4-12,14,19,23H,13H2,1-3H3,(H,21,25)/t19-/m0/s1. The Morgan fingerprint density at radius 2 is 1.71 bits per heavy atom. The number of hydrogen-bond acceptors (Lipinski definition) is 4. The van der Waals surface area contributed by atoms with Gasteiger partial charge in [0, 0.05) is 12.4 Å². The Kier molecular flexibility index (Phi) is 5.81. The second-order valence-electron chi connectivity index (χ2n) is 6.96. The van der Waals surface area contributed by atoms with E-state index in [1.54, 1.807) is 36.7 Å². The van der Waals surface area contributed by atoms with Crippen LogP contribution in [0.25, 0.3) is 10.9 Å². The third-order valence-corrected chi connectivity index (χ3v) is 6.01. The lowest BCUT2D eigenvalue weighted by Gasteiger charge is -2.21. The van der Waals surface area contributed by atoms with Crippen molar-refractivity contribution in [3.05, 3.63) is 60.3 Å². The van der Waals surface area contributed by atoms with Gasteiger partial charge in [0.25, 0.3) is 0 Å². The number of benzene rings is 2. The monoisotopic (exact) mass is 400 g/mol. The first-order valence-electron chi connectivity index (χ1n) is 9.05. The maximum absolute atomic E-state index is 12.7. The summed E-state index contributed by atoms with van der Waals surface area (Å²) in [4.78, 5) is 12.9. The van der Waals surface area contributed by atoms with Crippen LogP contribution in [0, 0.1) is 5.92 Å². The zero-order valence-corrected chi connectivity index (χ0v) is 16.9. The van der Waals surface area contributed by atoms with Crippen LogP contribution in [0.2, 0.25) is 0 Å². The molecule has 0 unspecified atom stereocenters. The van der Waals surface area contributed by atoms with Crippen molar-refractivity contribution in [3.63, 3.8) is 0 Å². The van der Waals surface area contributed by atoms with Gasteiger partial charge in [0.2, 0.25) is 15.9 Å². The smallest absolute Gasteiger partial charge is 0.241 e. The molecular weight excluding hydrogens is 376 g/mol. The Morgan fingerprint density at radius 3 is 2.39 bits per heavy atom. The molecule has 0 spiro atoms. The van der Waals surface area contributed by atoms with E-state index < -0.39 is 16.1 Å². The number of fused-ring (bicyclic) bond motifs is 1. The van der Waals surface area contributed by atoms with E-state index in [1.807, 2.05) is 31.3 Å². The number of para-hydroxylation sites is 1. The molecule has 0 fully saturated rings. The second kappa shape index (κ2) is 8.12. The van der Waals surface area contributed by atoms with E-state index in [0.717, 1.165) is 16.6 Å². The lowest BCUT2D eigenvalue weighted by molar-refractivity contribution is -0.123. The summed E-state index contributed by atoms with van der Waals surface area (Å²) in [7, 11) is -1.95. The van der Waals surface area contributed by atoms with E-state index >= 15 is 0 Å². The fourth-order valence-corrected chi connectivity index (χ4v) is 4.39. The van der Waals surface area contributed by atoms with Gasteiger partial charge in [-0.2, -0.15) is 9.82 Å². The molecule has 8 heteroatoms. The van der Waals surface area contributed by atoms with Crippen molar-refractivity contribution in [2.24, 2.45) is 13.0 Å². The molecule has 0 saturated heterocycles. The average molecular weight is 401 g/mol. The minimum absolute atomic E-state index is 0.129. The van der Waals surface area contributed by atoms with Gasteiger partial charge in [-0.05, 0) is 24.1 Å². The topological polar surface area (TPSA) is 93.1 Å². The molecule has 1 amide bonds. The maximum Gasteiger partial charge on any atom is 0.241 e. The molecule has 0 radical (unpaired) electrons. The molecule has 0 saturated carbocycles. The van der Waals surface area contributed by atoms with Crippen molar-refractivity contribution in [2.45, 2.75) is 31.3 Å². The number of carbonyl (C=O) groups excluding carboxylic acids is 1. The average Bonchev–Trinajstić information content (AvgIpc) is 3.01. The molecule has 1 aromatic heterocycles. The largest absolute Gasteiger partial charge is 0.349 e. The number of aryl methyl sites for hydroxylation is 1. The Balaban J connectivity index is 1.75. The van der Waals surface area contributed by atoms with E-state index in [1.165, 1.54) is 12.1 Å². The van der Waals surface area contributed by atoms with Crippen molar-refractivity contribution in [1.29, 1.82) is 0 Å². The van der Waals surface area contributed by atoms with Gasteiger partial charge >= 0.3 is 0 Å². The highest BCUT2D eigenvalue weighted by Crippen LogP contribution is 2.17. The summed E-state index contributed by atoms with van der Waals surface area (Å²) in [6.45, 7) is 3.82. The summed E-state index contributed by atoms with van der Waals surface area (Å²) in [5.74, 6) is -0.608. The quantitative estimate of drug-likeness (QED) is 0.636. The number of rotatable bonds is 7. The fourth-order valence-electron chi connectivity index (χ4n) is 3.03. The number of nitrogens with zero attached hydrogens (tertiary/aromatic N) is 2. The van der Waals surface area contributed by atoms with Gasteiger partial charge in [-0.3, -0.25) is 9.48 Å². The highest BCUT2D eigenvalue weighted by molar-refractivity contribution is 7.89. The summed E-state index contributed by atoms with van der Waals surface area (Å²) in [5, 5.41) is 8.22. The maximum atomic E-state index is 12.7. The van der Waals surface area contributed by atoms with Crippen LogP contribution in [0.5, 0.6) is 0 Å². The molecule has 3 aromatic rings. The van der Waals surface area contributed by atoms with Crippen LogP contribution in [0.3, 0.4) is 0 Å². The molecule has 0 aliphatic heterocycles. The number of nitrogens with one attached hydrogen (secondary N) is 2. The summed E-state index contributed by atoms with van der Waals surface area (Å²) in [5.41, 5.74) is 1.71. The summed E-state index contributed by atoms with van der Waals surface area (Å²) < 4.78 is 29.5. The first-order chi connectivity index (χ1) is 13.3. The third kappa shape index (κ3) is 4.23. The van der Waals surface area contributed by atoms with E-state index in [4.69, 9.17) is 0 Å². The molecule has 1 heterocycles. The Hall–Kier alpha value is -2.71. The minimum Gasteiger partial charge on any atom is -0.349 e. The van der Waals surface area contributed by atoms with Gasteiger partial charge < -0.3 is 5.32 Å². The van der Waals surface area contributed by atoms with Crippen LogP contribution in [-0.2, 0) is 28.4 Å². The number of sulfonamides is 1. The summed E-state index contributed by atoms with van der Waals surface area (Å²) in [6, 6.07) is 14.9. The van der Waals surface area contributed by atoms with Crippen molar-refractivity contribution in [1.82, 2.24) is 19.8 Å².